The van der Waals surface area contributed by atoms with Crippen molar-refractivity contribution in [2.24, 2.45) is 0 Å². The highest BCUT2D eigenvalue weighted by molar-refractivity contribution is 5.39. The van der Waals surface area contributed by atoms with Gasteiger partial charge in [0.15, 0.2) is 0 Å². The van der Waals surface area contributed by atoms with E-state index in [0.717, 1.165) is 25.3 Å². The highest BCUT2D eigenvalue weighted by atomic mass is 16.3. The second-order valence-electron chi connectivity index (χ2n) is 4.44. The first-order valence-electron chi connectivity index (χ1n) is 6.78. The molecule has 0 saturated carbocycles. The van der Waals surface area contributed by atoms with Crippen molar-refractivity contribution in [3.05, 3.63) is 23.9 Å². The summed E-state index contributed by atoms with van der Waals surface area (Å²) in [5, 5.41) is 12.4. The van der Waals surface area contributed by atoms with Crippen LogP contribution in [-0.2, 0) is 0 Å². The molecule has 1 rings (SSSR count). The Morgan fingerprint density at radius 2 is 2.11 bits per heavy atom. The Morgan fingerprint density at radius 3 is 2.61 bits per heavy atom. The van der Waals surface area contributed by atoms with Crippen LogP contribution in [0.25, 0.3) is 0 Å². The van der Waals surface area contributed by atoms with Gasteiger partial charge in [-0.05, 0) is 31.5 Å². The molecule has 18 heavy (non-hydrogen) atoms. The topological polar surface area (TPSA) is 48.4 Å². The number of pyridine rings is 1. The quantitative estimate of drug-likeness (QED) is 0.741. The summed E-state index contributed by atoms with van der Waals surface area (Å²) in [7, 11) is 0. The zero-order chi connectivity index (χ0) is 13.4. The molecule has 102 valence electrons. The lowest BCUT2D eigenvalue weighted by Gasteiger charge is -2.22. The van der Waals surface area contributed by atoms with E-state index in [1.54, 1.807) is 0 Å². The molecule has 1 heterocycles. The predicted octanol–water partition coefficient (Wildman–Crippen LogP) is 1.96. The molecule has 0 aliphatic rings. The third-order valence-corrected chi connectivity index (χ3v) is 2.97. The van der Waals surface area contributed by atoms with Gasteiger partial charge < -0.3 is 15.3 Å². The lowest BCUT2D eigenvalue weighted by atomic mass is 10.1. The van der Waals surface area contributed by atoms with Crippen molar-refractivity contribution >= 4 is 5.82 Å². The number of hydrogen-bond acceptors (Lipinski definition) is 4. The molecule has 0 radical (unpaired) electrons. The monoisotopic (exact) mass is 251 g/mol. The highest BCUT2D eigenvalue weighted by Crippen LogP contribution is 2.16. The molecule has 1 aromatic rings. The van der Waals surface area contributed by atoms with Gasteiger partial charge in [0.25, 0.3) is 0 Å². The summed E-state index contributed by atoms with van der Waals surface area (Å²) in [4.78, 5) is 6.61. The first kappa shape index (κ1) is 14.9. The van der Waals surface area contributed by atoms with Gasteiger partial charge in [0.05, 0.1) is 6.61 Å². The van der Waals surface area contributed by atoms with Crippen LogP contribution in [0.4, 0.5) is 5.82 Å². The number of aliphatic hydroxyl groups excluding tert-OH is 1. The van der Waals surface area contributed by atoms with Gasteiger partial charge in [0.2, 0.25) is 0 Å². The fourth-order valence-corrected chi connectivity index (χ4v) is 2.00. The van der Waals surface area contributed by atoms with Gasteiger partial charge in [0.1, 0.15) is 5.82 Å². The molecule has 0 aliphatic heterocycles. The molecule has 0 spiro atoms. The molecule has 0 aliphatic carbocycles. The van der Waals surface area contributed by atoms with E-state index in [2.05, 4.69) is 42.0 Å². The van der Waals surface area contributed by atoms with Crippen LogP contribution < -0.4 is 10.2 Å². The molecule has 0 saturated heterocycles. The normalized spacial score (nSPS) is 12.4. The lowest BCUT2D eigenvalue weighted by molar-refractivity contribution is 0.301. The Balaban J connectivity index is 2.73. The average Bonchev–Trinajstić information content (AvgIpc) is 2.39. The smallest absolute Gasteiger partial charge is 0.128 e. The number of anilines is 1. The van der Waals surface area contributed by atoms with Gasteiger partial charge in [-0.15, -0.1) is 0 Å². The highest BCUT2D eigenvalue weighted by Gasteiger charge is 2.08. The fourth-order valence-electron chi connectivity index (χ4n) is 2.00. The fraction of sp³-hybridized carbons (Fsp3) is 0.643. The van der Waals surface area contributed by atoms with Gasteiger partial charge in [-0.1, -0.05) is 19.9 Å². The molecular formula is C14H25N3O. The van der Waals surface area contributed by atoms with Crippen LogP contribution in [0.5, 0.6) is 0 Å². The van der Waals surface area contributed by atoms with Gasteiger partial charge in [-0.3, -0.25) is 0 Å². The lowest BCUT2D eigenvalue weighted by Crippen LogP contribution is -2.28. The van der Waals surface area contributed by atoms with E-state index >= 15 is 0 Å². The maximum Gasteiger partial charge on any atom is 0.128 e. The van der Waals surface area contributed by atoms with Crippen molar-refractivity contribution in [3.63, 3.8) is 0 Å². The van der Waals surface area contributed by atoms with Crippen LogP contribution in [0, 0.1) is 0 Å². The number of rotatable bonds is 8. The first-order chi connectivity index (χ1) is 8.72. The molecule has 0 bridgehead atoms. The van der Waals surface area contributed by atoms with E-state index in [4.69, 9.17) is 5.11 Å². The van der Waals surface area contributed by atoms with Crippen LogP contribution in [-0.4, -0.2) is 36.3 Å². The molecule has 1 atom stereocenters. The van der Waals surface area contributed by atoms with Gasteiger partial charge in [0, 0.05) is 25.3 Å². The number of hydrogen-bond donors (Lipinski definition) is 2. The molecular weight excluding hydrogens is 226 g/mol. The van der Waals surface area contributed by atoms with Crippen LogP contribution in [0.2, 0.25) is 0 Å². The zero-order valence-electron chi connectivity index (χ0n) is 11.7. The summed E-state index contributed by atoms with van der Waals surface area (Å²) in [5.74, 6) is 0.943. The van der Waals surface area contributed by atoms with E-state index in [-0.39, 0.29) is 6.61 Å². The molecule has 0 aromatic carbocycles. The summed E-state index contributed by atoms with van der Waals surface area (Å²) in [6, 6.07) is 4.47. The van der Waals surface area contributed by atoms with Crippen molar-refractivity contribution in [1.82, 2.24) is 10.3 Å². The second-order valence-corrected chi connectivity index (χ2v) is 4.44. The number of nitrogens with one attached hydrogen (secondary N) is 1. The zero-order valence-corrected chi connectivity index (χ0v) is 11.7. The second kappa shape index (κ2) is 8.06. The van der Waals surface area contributed by atoms with Crippen LogP contribution in [0.15, 0.2) is 18.3 Å². The number of aromatic nitrogens is 1. The third kappa shape index (κ3) is 4.27. The SMILES string of the molecule is CCCN(CCO)c1ccc(C(C)NCC)cn1. The van der Waals surface area contributed by atoms with E-state index < -0.39 is 0 Å². The Hall–Kier alpha value is -1.13. The van der Waals surface area contributed by atoms with Gasteiger partial charge in [-0.25, -0.2) is 4.98 Å². The average molecular weight is 251 g/mol. The molecule has 0 fully saturated rings. The largest absolute Gasteiger partial charge is 0.395 e. The Morgan fingerprint density at radius 1 is 1.33 bits per heavy atom. The summed E-state index contributed by atoms with van der Waals surface area (Å²) >= 11 is 0. The van der Waals surface area contributed by atoms with Gasteiger partial charge >= 0.3 is 0 Å². The number of aliphatic hydroxyl groups is 1. The molecule has 4 nitrogen and oxygen atoms in total. The van der Waals surface area contributed by atoms with Crippen LogP contribution in [0.3, 0.4) is 0 Å². The van der Waals surface area contributed by atoms with Crippen molar-refractivity contribution in [1.29, 1.82) is 0 Å². The first-order valence-corrected chi connectivity index (χ1v) is 6.78. The minimum Gasteiger partial charge on any atom is -0.395 e. The summed E-state index contributed by atoms with van der Waals surface area (Å²) < 4.78 is 0. The molecule has 4 heteroatoms. The maximum absolute atomic E-state index is 9.06. The predicted molar refractivity (Wildman–Crippen MR) is 75.9 cm³/mol. The van der Waals surface area contributed by atoms with E-state index in [9.17, 15) is 0 Å². The summed E-state index contributed by atoms with van der Waals surface area (Å²) in [6.07, 6.45) is 2.97. The van der Waals surface area contributed by atoms with Gasteiger partial charge in [-0.2, -0.15) is 0 Å². The van der Waals surface area contributed by atoms with E-state index in [1.165, 1.54) is 5.56 Å². The molecule has 0 amide bonds. The van der Waals surface area contributed by atoms with Crippen molar-refractivity contribution in [2.75, 3.05) is 31.1 Å². The van der Waals surface area contributed by atoms with Crippen LogP contribution >= 0.6 is 0 Å². The van der Waals surface area contributed by atoms with Crippen molar-refractivity contribution < 1.29 is 5.11 Å². The van der Waals surface area contributed by atoms with Crippen LogP contribution in [0.1, 0.15) is 38.8 Å². The minimum absolute atomic E-state index is 0.164. The Labute approximate surface area is 110 Å². The van der Waals surface area contributed by atoms with E-state index in [0.29, 0.717) is 12.6 Å². The molecule has 1 unspecified atom stereocenters. The number of nitrogens with zero attached hydrogens (tertiary/aromatic N) is 2. The molecule has 1 aromatic heterocycles. The van der Waals surface area contributed by atoms with E-state index in [1.807, 2.05) is 12.3 Å². The van der Waals surface area contributed by atoms with Crippen molar-refractivity contribution in [3.8, 4) is 0 Å². The Bertz CT molecular complexity index is 320. The molecule has 2 N–H and O–H groups in total. The maximum atomic E-state index is 9.06. The summed E-state index contributed by atoms with van der Waals surface area (Å²) in [6.45, 7) is 9.05. The minimum atomic E-state index is 0.164. The third-order valence-electron chi connectivity index (χ3n) is 2.97. The standard InChI is InChI=1S/C14H25N3O/c1-4-8-17(9-10-18)14-7-6-13(11-16-14)12(3)15-5-2/h6-7,11-12,15,18H,4-5,8-10H2,1-3H3. The van der Waals surface area contributed by atoms with Crippen molar-refractivity contribution in [2.45, 2.75) is 33.2 Å². The summed E-state index contributed by atoms with van der Waals surface area (Å²) in [5.41, 5.74) is 1.20. The Kier molecular flexibility index (Phi) is 6.68.